The summed E-state index contributed by atoms with van der Waals surface area (Å²) in [5.74, 6) is 0.0855. The van der Waals surface area contributed by atoms with Crippen LogP contribution in [0, 0.1) is 0 Å². The molecule has 1 saturated carbocycles. The second-order valence-corrected chi connectivity index (χ2v) is 5.94. The van der Waals surface area contributed by atoms with Crippen LogP contribution in [0.25, 0.3) is 0 Å². The van der Waals surface area contributed by atoms with Crippen LogP contribution in [0.1, 0.15) is 37.8 Å². The molecule has 2 unspecified atom stereocenters. The molecule has 1 aliphatic heterocycles. The maximum Gasteiger partial charge on any atom is 0.237 e. The van der Waals surface area contributed by atoms with Gasteiger partial charge in [0.2, 0.25) is 11.8 Å². The predicted octanol–water partition coefficient (Wildman–Crippen LogP) is 1.35. The summed E-state index contributed by atoms with van der Waals surface area (Å²) in [5.41, 5.74) is 1.99. The van der Waals surface area contributed by atoms with Gasteiger partial charge in [0.1, 0.15) is 0 Å². The van der Waals surface area contributed by atoms with Gasteiger partial charge in [-0.2, -0.15) is 0 Å². The van der Waals surface area contributed by atoms with Crippen molar-refractivity contribution in [3.8, 4) is 0 Å². The fourth-order valence-electron chi connectivity index (χ4n) is 2.72. The smallest absolute Gasteiger partial charge is 0.237 e. The lowest BCUT2D eigenvalue weighted by Gasteiger charge is -2.33. The fourth-order valence-corrected chi connectivity index (χ4v) is 2.72. The monoisotopic (exact) mass is 287 g/mol. The Morgan fingerprint density at radius 3 is 2.76 bits per heavy atom. The number of benzene rings is 1. The lowest BCUT2D eigenvalue weighted by Crippen LogP contribution is -2.47. The van der Waals surface area contributed by atoms with Gasteiger partial charge in [-0.25, -0.2) is 0 Å². The summed E-state index contributed by atoms with van der Waals surface area (Å²) in [4.78, 5) is 25.8. The van der Waals surface area contributed by atoms with Gasteiger partial charge in [0, 0.05) is 31.2 Å². The molecule has 5 nitrogen and oxygen atoms in total. The standard InChI is InChI=1S/C16H21N3O2/c1-10(16(21)18-11-7-8-11)17-13-9-15(20)19(2)14-6-4-3-5-12(13)14/h3-6,10-11,13,17H,7-9H2,1-2H3,(H,18,21). The van der Waals surface area contributed by atoms with E-state index in [1.54, 1.807) is 11.9 Å². The summed E-state index contributed by atoms with van der Waals surface area (Å²) in [6, 6.07) is 7.79. The second-order valence-electron chi connectivity index (χ2n) is 5.94. The molecule has 1 aromatic carbocycles. The molecule has 2 aliphatic rings. The van der Waals surface area contributed by atoms with E-state index in [9.17, 15) is 9.59 Å². The number of fused-ring (bicyclic) bond motifs is 1. The molecule has 0 spiro atoms. The first-order valence-electron chi connectivity index (χ1n) is 7.48. The van der Waals surface area contributed by atoms with Crippen LogP contribution in [-0.2, 0) is 9.59 Å². The van der Waals surface area contributed by atoms with Gasteiger partial charge in [-0.3, -0.25) is 14.9 Å². The van der Waals surface area contributed by atoms with Crippen molar-refractivity contribution in [3.05, 3.63) is 29.8 Å². The maximum absolute atomic E-state index is 12.1. The van der Waals surface area contributed by atoms with Crippen LogP contribution < -0.4 is 15.5 Å². The van der Waals surface area contributed by atoms with Crippen molar-refractivity contribution in [1.82, 2.24) is 10.6 Å². The molecule has 2 atom stereocenters. The Balaban J connectivity index is 1.74. The fraction of sp³-hybridized carbons (Fsp3) is 0.500. The Hall–Kier alpha value is -1.88. The van der Waals surface area contributed by atoms with Crippen molar-refractivity contribution in [3.63, 3.8) is 0 Å². The average Bonchev–Trinajstić information content (AvgIpc) is 3.28. The molecule has 1 fully saturated rings. The Bertz CT molecular complexity index is 568. The van der Waals surface area contributed by atoms with E-state index in [0.29, 0.717) is 12.5 Å². The van der Waals surface area contributed by atoms with E-state index >= 15 is 0 Å². The Morgan fingerprint density at radius 1 is 1.33 bits per heavy atom. The molecular weight excluding hydrogens is 266 g/mol. The molecule has 3 rings (SSSR count). The van der Waals surface area contributed by atoms with Crippen LogP contribution in [0.3, 0.4) is 0 Å². The molecule has 1 heterocycles. The zero-order chi connectivity index (χ0) is 15.0. The van der Waals surface area contributed by atoms with Crippen LogP contribution in [0.4, 0.5) is 5.69 Å². The number of para-hydroxylation sites is 1. The number of carbonyl (C=O) groups excluding carboxylic acids is 2. The van der Waals surface area contributed by atoms with E-state index in [-0.39, 0.29) is 23.9 Å². The van der Waals surface area contributed by atoms with Crippen molar-refractivity contribution in [2.75, 3.05) is 11.9 Å². The van der Waals surface area contributed by atoms with E-state index in [4.69, 9.17) is 0 Å². The van der Waals surface area contributed by atoms with E-state index in [0.717, 1.165) is 24.1 Å². The summed E-state index contributed by atoms with van der Waals surface area (Å²) >= 11 is 0. The third-order valence-corrected chi connectivity index (χ3v) is 4.19. The summed E-state index contributed by atoms with van der Waals surface area (Å²) in [7, 11) is 1.79. The highest BCUT2D eigenvalue weighted by Gasteiger charge is 2.32. The number of nitrogens with one attached hydrogen (secondary N) is 2. The average molecular weight is 287 g/mol. The molecule has 1 aromatic rings. The normalized spacial score (nSPS) is 22.7. The minimum atomic E-state index is -0.306. The van der Waals surface area contributed by atoms with Gasteiger partial charge >= 0.3 is 0 Å². The first-order chi connectivity index (χ1) is 10.1. The Kier molecular flexibility index (Phi) is 3.68. The highest BCUT2D eigenvalue weighted by Crippen LogP contribution is 2.33. The molecule has 0 radical (unpaired) electrons. The van der Waals surface area contributed by atoms with Crippen molar-refractivity contribution in [2.24, 2.45) is 0 Å². The van der Waals surface area contributed by atoms with Gasteiger partial charge in [0.05, 0.1) is 6.04 Å². The Morgan fingerprint density at radius 2 is 2.05 bits per heavy atom. The minimum absolute atomic E-state index is 0.0151. The van der Waals surface area contributed by atoms with Crippen LogP contribution in [-0.4, -0.2) is 30.9 Å². The largest absolute Gasteiger partial charge is 0.352 e. The molecule has 2 amide bonds. The minimum Gasteiger partial charge on any atom is -0.352 e. The van der Waals surface area contributed by atoms with Gasteiger partial charge in [0.25, 0.3) is 0 Å². The zero-order valence-electron chi connectivity index (χ0n) is 12.4. The maximum atomic E-state index is 12.1. The van der Waals surface area contributed by atoms with Gasteiger partial charge in [-0.15, -0.1) is 0 Å². The summed E-state index contributed by atoms with van der Waals surface area (Å²) < 4.78 is 0. The van der Waals surface area contributed by atoms with E-state index in [2.05, 4.69) is 10.6 Å². The topological polar surface area (TPSA) is 61.4 Å². The van der Waals surface area contributed by atoms with Gasteiger partial charge in [0.15, 0.2) is 0 Å². The van der Waals surface area contributed by atoms with Crippen molar-refractivity contribution in [2.45, 2.75) is 44.3 Å². The molecule has 21 heavy (non-hydrogen) atoms. The molecule has 5 heteroatoms. The van der Waals surface area contributed by atoms with E-state index in [1.165, 1.54) is 0 Å². The number of amides is 2. The molecular formula is C16H21N3O2. The summed E-state index contributed by atoms with van der Waals surface area (Å²) in [6.45, 7) is 1.85. The van der Waals surface area contributed by atoms with Crippen LogP contribution in [0.5, 0.6) is 0 Å². The SMILES string of the molecule is CC(NC1CC(=O)N(C)c2ccccc21)C(=O)NC1CC1. The van der Waals surface area contributed by atoms with Crippen LogP contribution >= 0.6 is 0 Å². The quantitative estimate of drug-likeness (QED) is 0.879. The lowest BCUT2D eigenvalue weighted by molar-refractivity contribution is -0.124. The summed E-state index contributed by atoms with van der Waals surface area (Å²) in [5, 5.41) is 6.29. The van der Waals surface area contributed by atoms with Gasteiger partial charge in [-0.05, 0) is 31.4 Å². The number of anilines is 1. The third kappa shape index (κ3) is 2.93. The van der Waals surface area contributed by atoms with Crippen LogP contribution in [0.2, 0.25) is 0 Å². The van der Waals surface area contributed by atoms with Crippen molar-refractivity contribution >= 4 is 17.5 Å². The number of hydrogen-bond acceptors (Lipinski definition) is 3. The highest BCUT2D eigenvalue weighted by atomic mass is 16.2. The van der Waals surface area contributed by atoms with Gasteiger partial charge in [-0.1, -0.05) is 18.2 Å². The highest BCUT2D eigenvalue weighted by molar-refractivity contribution is 5.96. The summed E-state index contributed by atoms with van der Waals surface area (Å²) in [6.07, 6.45) is 2.54. The molecule has 1 aliphatic carbocycles. The van der Waals surface area contributed by atoms with Crippen molar-refractivity contribution < 1.29 is 9.59 Å². The molecule has 0 saturated heterocycles. The lowest BCUT2D eigenvalue weighted by atomic mass is 9.95. The van der Waals surface area contributed by atoms with Crippen LogP contribution in [0.15, 0.2) is 24.3 Å². The number of hydrogen-bond donors (Lipinski definition) is 2. The zero-order valence-corrected chi connectivity index (χ0v) is 12.4. The Labute approximate surface area is 124 Å². The molecule has 2 N–H and O–H groups in total. The predicted molar refractivity (Wildman–Crippen MR) is 81.0 cm³/mol. The molecule has 112 valence electrons. The molecule has 0 aromatic heterocycles. The molecule has 0 bridgehead atoms. The second kappa shape index (κ2) is 5.48. The number of rotatable bonds is 4. The first kappa shape index (κ1) is 14.1. The van der Waals surface area contributed by atoms with E-state index in [1.807, 2.05) is 31.2 Å². The van der Waals surface area contributed by atoms with Crippen molar-refractivity contribution in [1.29, 1.82) is 0 Å². The van der Waals surface area contributed by atoms with Gasteiger partial charge < -0.3 is 10.2 Å². The third-order valence-electron chi connectivity index (χ3n) is 4.19. The van der Waals surface area contributed by atoms with E-state index < -0.39 is 0 Å². The first-order valence-corrected chi connectivity index (χ1v) is 7.48. The number of nitrogens with zero attached hydrogens (tertiary/aromatic N) is 1. The number of carbonyl (C=O) groups is 2.